The molecular weight excluding hydrogens is 384 g/mol. The summed E-state index contributed by atoms with van der Waals surface area (Å²) >= 11 is 0. The van der Waals surface area contributed by atoms with Crippen LogP contribution in [0.15, 0.2) is 48.6 Å². The van der Waals surface area contributed by atoms with Crippen molar-refractivity contribution in [3.63, 3.8) is 0 Å². The van der Waals surface area contributed by atoms with Crippen molar-refractivity contribution in [3.8, 4) is 11.5 Å². The number of hydrogen-bond donors (Lipinski definition) is 5. The monoisotopic (exact) mass is 404 g/mol. The van der Waals surface area contributed by atoms with Crippen LogP contribution in [-0.2, 0) is 22.8 Å². The lowest BCUT2D eigenvalue weighted by Gasteiger charge is -2.15. The number of aliphatic hydroxyl groups excluding tert-OH is 2. The number of aliphatic carboxylic acids is 2. The molecular formula is C20H20O9. The zero-order valence-corrected chi connectivity index (χ0v) is 15.4. The molecule has 5 N–H and O–H groups in total. The van der Waals surface area contributed by atoms with Gasteiger partial charge in [-0.25, -0.2) is 9.59 Å². The van der Waals surface area contributed by atoms with Crippen LogP contribution in [0.1, 0.15) is 27.0 Å². The van der Waals surface area contributed by atoms with E-state index < -0.39 is 18.5 Å². The standard InChI is InChI=1S/C16H16O5.C4H4O4/c1-21-16-11(8-17)7-12(15(20)13(16)9-18)14(19)10-5-3-2-4-6-10;5-3(6)1-2-4(7)8/h2-7,17-18,20H,8-9H2,1H3;1-2H,(H,5,6)(H,7,8). The highest BCUT2D eigenvalue weighted by Crippen LogP contribution is 2.36. The number of ketones is 1. The molecule has 0 amide bonds. The van der Waals surface area contributed by atoms with E-state index in [-0.39, 0.29) is 35.0 Å². The van der Waals surface area contributed by atoms with Gasteiger partial charge in [-0.15, -0.1) is 0 Å². The van der Waals surface area contributed by atoms with E-state index in [9.17, 15) is 29.7 Å². The van der Waals surface area contributed by atoms with Crippen LogP contribution < -0.4 is 4.74 Å². The summed E-state index contributed by atoms with van der Waals surface area (Å²) < 4.78 is 5.09. The summed E-state index contributed by atoms with van der Waals surface area (Å²) in [5, 5.41) is 44.6. The van der Waals surface area contributed by atoms with Gasteiger partial charge in [-0.1, -0.05) is 30.3 Å². The Bertz CT molecular complexity index is 886. The Morgan fingerprint density at radius 3 is 1.93 bits per heavy atom. The molecule has 0 saturated heterocycles. The SMILES string of the molecule is COc1c(CO)cc(C(=O)c2ccccc2)c(O)c1CO.O=C(O)C=CC(=O)O. The number of methoxy groups -OCH3 is 1. The first-order valence-corrected chi connectivity index (χ1v) is 8.13. The Morgan fingerprint density at radius 2 is 1.52 bits per heavy atom. The van der Waals surface area contributed by atoms with Crippen LogP contribution in [0.25, 0.3) is 0 Å². The van der Waals surface area contributed by atoms with Crippen molar-refractivity contribution in [2.24, 2.45) is 0 Å². The number of carbonyl (C=O) groups excluding carboxylic acids is 1. The van der Waals surface area contributed by atoms with Crippen LogP contribution in [0.4, 0.5) is 0 Å². The predicted molar refractivity (Wildman–Crippen MR) is 101 cm³/mol. The molecule has 0 aromatic heterocycles. The third-order valence-corrected chi connectivity index (χ3v) is 3.61. The molecule has 0 atom stereocenters. The van der Waals surface area contributed by atoms with Gasteiger partial charge in [0.25, 0.3) is 0 Å². The molecule has 0 aliphatic rings. The van der Waals surface area contributed by atoms with Gasteiger partial charge < -0.3 is 30.3 Å². The molecule has 0 radical (unpaired) electrons. The lowest BCUT2D eigenvalue weighted by atomic mass is 9.96. The number of ether oxygens (including phenoxy) is 1. The first-order chi connectivity index (χ1) is 13.8. The highest BCUT2D eigenvalue weighted by atomic mass is 16.5. The van der Waals surface area contributed by atoms with Crippen molar-refractivity contribution in [3.05, 3.63) is 70.8 Å². The van der Waals surface area contributed by atoms with Gasteiger partial charge in [0.15, 0.2) is 5.78 Å². The smallest absolute Gasteiger partial charge is 0.328 e. The fourth-order valence-corrected chi connectivity index (χ4v) is 2.35. The van der Waals surface area contributed by atoms with E-state index in [2.05, 4.69) is 0 Å². The number of aromatic hydroxyl groups is 1. The van der Waals surface area contributed by atoms with Gasteiger partial charge in [-0.2, -0.15) is 0 Å². The normalized spacial score (nSPS) is 10.2. The summed E-state index contributed by atoms with van der Waals surface area (Å²) in [6, 6.07) is 9.85. The van der Waals surface area contributed by atoms with E-state index in [1.165, 1.54) is 13.2 Å². The highest BCUT2D eigenvalue weighted by Gasteiger charge is 2.22. The summed E-state index contributed by atoms with van der Waals surface area (Å²) in [5.41, 5.74) is 0.850. The van der Waals surface area contributed by atoms with Crippen molar-refractivity contribution in [2.45, 2.75) is 13.2 Å². The third kappa shape index (κ3) is 6.45. The molecule has 29 heavy (non-hydrogen) atoms. The average molecular weight is 404 g/mol. The summed E-state index contributed by atoms with van der Waals surface area (Å²) in [4.78, 5) is 31.5. The molecule has 0 saturated carbocycles. The number of carboxylic acid groups (broad SMARTS) is 2. The summed E-state index contributed by atoms with van der Waals surface area (Å²) in [7, 11) is 1.37. The molecule has 154 valence electrons. The molecule has 2 aromatic rings. The van der Waals surface area contributed by atoms with Crippen LogP contribution >= 0.6 is 0 Å². The van der Waals surface area contributed by atoms with Crippen LogP contribution in [0.5, 0.6) is 11.5 Å². The minimum atomic E-state index is -1.26. The van der Waals surface area contributed by atoms with E-state index >= 15 is 0 Å². The number of rotatable bonds is 7. The molecule has 0 spiro atoms. The molecule has 2 aromatic carbocycles. The second kappa shape index (κ2) is 11.2. The largest absolute Gasteiger partial charge is 0.507 e. The Hall–Kier alpha value is -3.69. The molecule has 2 rings (SSSR count). The van der Waals surface area contributed by atoms with E-state index in [4.69, 9.17) is 14.9 Å². The van der Waals surface area contributed by atoms with E-state index in [1.807, 2.05) is 0 Å². The van der Waals surface area contributed by atoms with Crippen molar-refractivity contribution in [1.82, 2.24) is 0 Å². The van der Waals surface area contributed by atoms with E-state index in [0.29, 0.717) is 23.3 Å². The van der Waals surface area contributed by atoms with Crippen molar-refractivity contribution < 1.29 is 44.7 Å². The molecule has 0 bridgehead atoms. The number of carbonyl (C=O) groups is 3. The van der Waals surface area contributed by atoms with Gasteiger partial charge in [0.1, 0.15) is 11.5 Å². The zero-order chi connectivity index (χ0) is 22.0. The van der Waals surface area contributed by atoms with Gasteiger partial charge in [0, 0.05) is 23.3 Å². The van der Waals surface area contributed by atoms with Gasteiger partial charge in [0.2, 0.25) is 0 Å². The molecule has 0 aliphatic heterocycles. The van der Waals surface area contributed by atoms with Gasteiger partial charge in [-0.05, 0) is 6.07 Å². The quantitative estimate of drug-likeness (QED) is 0.338. The summed E-state index contributed by atoms with van der Waals surface area (Å²) in [6.07, 6.45) is 1.12. The van der Waals surface area contributed by atoms with Crippen molar-refractivity contribution in [2.75, 3.05) is 7.11 Å². The topological polar surface area (TPSA) is 162 Å². The third-order valence-electron chi connectivity index (χ3n) is 3.61. The fraction of sp³-hybridized carbons (Fsp3) is 0.150. The van der Waals surface area contributed by atoms with Crippen LogP contribution in [-0.4, -0.2) is 50.4 Å². The van der Waals surface area contributed by atoms with Crippen LogP contribution in [0.3, 0.4) is 0 Å². The molecule has 0 heterocycles. The number of phenols is 1. The van der Waals surface area contributed by atoms with E-state index in [0.717, 1.165) is 0 Å². The molecule has 0 aliphatic carbocycles. The molecule has 9 nitrogen and oxygen atoms in total. The van der Waals surface area contributed by atoms with Gasteiger partial charge in [-0.3, -0.25) is 4.79 Å². The number of aliphatic hydroxyl groups is 2. The maximum absolute atomic E-state index is 12.4. The maximum atomic E-state index is 12.4. The fourth-order valence-electron chi connectivity index (χ4n) is 2.35. The molecule has 0 fully saturated rings. The second-order valence-electron chi connectivity index (χ2n) is 5.46. The second-order valence-corrected chi connectivity index (χ2v) is 5.46. The number of carboxylic acids is 2. The number of hydrogen-bond acceptors (Lipinski definition) is 7. The predicted octanol–water partition coefficient (Wildman–Crippen LogP) is 1.33. The first kappa shape index (κ1) is 23.3. The highest BCUT2D eigenvalue weighted by molar-refractivity contribution is 6.11. The van der Waals surface area contributed by atoms with Crippen molar-refractivity contribution in [1.29, 1.82) is 0 Å². The molecule has 9 heteroatoms. The minimum absolute atomic E-state index is 0.0232. The zero-order valence-electron chi connectivity index (χ0n) is 15.4. The average Bonchev–Trinajstić information content (AvgIpc) is 2.72. The Labute approximate surface area is 165 Å². The van der Waals surface area contributed by atoms with Crippen molar-refractivity contribution >= 4 is 17.7 Å². The van der Waals surface area contributed by atoms with Gasteiger partial charge in [0.05, 0.1) is 31.5 Å². The Balaban J connectivity index is 0.000000447. The molecule has 0 unspecified atom stereocenters. The summed E-state index contributed by atoms with van der Waals surface area (Å²) in [6.45, 7) is -0.872. The van der Waals surface area contributed by atoms with Crippen LogP contribution in [0.2, 0.25) is 0 Å². The van der Waals surface area contributed by atoms with Gasteiger partial charge >= 0.3 is 11.9 Å². The first-order valence-electron chi connectivity index (χ1n) is 8.13. The lowest BCUT2D eigenvalue weighted by molar-refractivity contribution is -0.134. The Kier molecular flexibility index (Phi) is 9.03. The van der Waals surface area contributed by atoms with Crippen LogP contribution in [0, 0.1) is 0 Å². The maximum Gasteiger partial charge on any atom is 0.328 e. The van der Waals surface area contributed by atoms with E-state index in [1.54, 1.807) is 30.3 Å². The summed E-state index contributed by atoms with van der Waals surface area (Å²) in [5.74, 6) is -3.05. The number of benzene rings is 2. The Morgan fingerprint density at radius 1 is 0.966 bits per heavy atom. The lowest BCUT2D eigenvalue weighted by Crippen LogP contribution is -2.07. The minimum Gasteiger partial charge on any atom is -0.507 e.